The van der Waals surface area contributed by atoms with Crippen LogP contribution in [0.3, 0.4) is 0 Å². The number of ether oxygens (including phenoxy) is 1. The van der Waals surface area contributed by atoms with Gasteiger partial charge in [0.25, 0.3) is 17.7 Å². The molecule has 4 fully saturated rings. The van der Waals surface area contributed by atoms with Crippen molar-refractivity contribution in [3.8, 4) is 11.8 Å². The van der Waals surface area contributed by atoms with Crippen molar-refractivity contribution in [2.45, 2.75) is 71.6 Å². The minimum atomic E-state index is -1.27. The highest BCUT2D eigenvalue weighted by atomic mass is 35.5. The van der Waals surface area contributed by atoms with Crippen LogP contribution in [0.25, 0.3) is 0 Å². The minimum Gasteiger partial charge on any atom is -0.489 e. The number of amides is 5. The highest BCUT2D eigenvalue weighted by Crippen LogP contribution is 2.55. The van der Waals surface area contributed by atoms with E-state index in [1.54, 1.807) is 23.1 Å². The molecule has 5 aliphatic rings. The van der Waals surface area contributed by atoms with E-state index in [0.29, 0.717) is 58.9 Å². The van der Waals surface area contributed by atoms with E-state index in [-0.39, 0.29) is 47.4 Å². The Morgan fingerprint density at radius 3 is 2.20 bits per heavy atom. The molecule has 4 aliphatic heterocycles. The molecule has 4 heterocycles. The zero-order chi connectivity index (χ0) is 43.5. The van der Waals surface area contributed by atoms with Crippen LogP contribution >= 0.6 is 11.6 Å². The number of imide groups is 2. The van der Waals surface area contributed by atoms with Gasteiger partial charge in [-0.3, -0.25) is 39.1 Å². The standard InChI is InChI=1S/C45H48ClF2N7O6/c1-44(2)42(45(3,4)43(44)61-29-10-7-27(23-49)31(46)21-29)51-38(57)26-5-8-28(9-6-26)53-15-13-25(14-16-53)24-52-17-19-54(20-18-52)37-32(47)22-30-35(36(37)48)41(60)55(40(30)59)33-11-12-34(56)50-39(33)58/h5-10,21-22,25,33,42-43H,11-20,24H2,1-4H3,(H,51,57)(H,50,56,58)/t33?,42-,43-. The largest absolute Gasteiger partial charge is 0.489 e. The smallest absolute Gasteiger partial charge is 0.265 e. The Bertz CT molecular complexity index is 2340. The molecule has 0 radical (unpaired) electrons. The molecule has 3 aromatic carbocycles. The van der Waals surface area contributed by atoms with Crippen LogP contribution in [0.1, 0.15) is 90.0 Å². The molecule has 320 valence electrons. The SMILES string of the molecule is CC1(C)[C@H](NC(=O)c2ccc(N3CCC(CN4CCN(c5c(F)cc6c(c5F)C(=O)N(C5CCC(=O)NC5=O)C6=O)CC4)CC3)cc2)C(C)(C)[C@H]1Oc1ccc(C#N)c(Cl)c1. The first-order valence-electron chi connectivity index (χ1n) is 20.7. The summed E-state index contributed by atoms with van der Waals surface area (Å²) in [6.07, 6.45) is 1.54. The summed E-state index contributed by atoms with van der Waals surface area (Å²) in [4.78, 5) is 70.8. The van der Waals surface area contributed by atoms with Crippen molar-refractivity contribution in [3.05, 3.63) is 87.4 Å². The van der Waals surface area contributed by atoms with Crippen LogP contribution in [0.15, 0.2) is 48.5 Å². The molecule has 2 N–H and O–H groups in total. The summed E-state index contributed by atoms with van der Waals surface area (Å²) in [5.74, 6) is -4.52. The normalized spacial score (nSPS) is 23.9. The highest BCUT2D eigenvalue weighted by Gasteiger charge is 2.64. The molecule has 5 amide bonds. The Hall–Kier alpha value is -5.59. The molecular weight excluding hydrogens is 808 g/mol. The van der Waals surface area contributed by atoms with E-state index in [1.165, 1.54) is 0 Å². The highest BCUT2D eigenvalue weighted by molar-refractivity contribution is 6.31. The van der Waals surface area contributed by atoms with E-state index >= 15 is 8.78 Å². The molecule has 3 saturated heterocycles. The number of rotatable bonds is 9. The molecule has 61 heavy (non-hydrogen) atoms. The molecular formula is C45H48ClF2N7O6. The molecule has 3 aromatic rings. The van der Waals surface area contributed by atoms with Crippen molar-refractivity contribution in [3.63, 3.8) is 0 Å². The lowest BCUT2D eigenvalue weighted by Crippen LogP contribution is -2.74. The van der Waals surface area contributed by atoms with Crippen molar-refractivity contribution >= 4 is 52.5 Å². The number of carbonyl (C=O) groups excluding carboxylic acids is 5. The Balaban J connectivity index is 0.811. The van der Waals surface area contributed by atoms with Crippen molar-refractivity contribution in [1.82, 2.24) is 20.4 Å². The predicted molar refractivity (Wildman–Crippen MR) is 222 cm³/mol. The second kappa shape index (κ2) is 16.0. The lowest BCUT2D eigenvalue weighted by atomic mass is 9.49. The van der Waals surface area contributed by atoms with Crippen molar-refractivity contribution in [2.75, 3.05) is 55.6 Å². The predicted octanol–water partition coefficient (Wildman–Crippen LogP) is 5.54. The lowest BCUT2D eigenvalue weighted by Gasteiger charge is -2.63. The van der Waals surface area contributed by atoms with E-state index < -0.39 is 52.4 Å². The van der Waals surface area contributed by atoms with Gasteiger partial charge in [0, 0.05) is 86.4 Å². The van der Waals surface area contributed by atoms with Crippen LogP contribution in [0, 0.1) is 39.7 Å². The molecule has 0 aromatic heterocycles. The average Bonchev–Trinajstić information content (AvgIpc) is 3.47. The van der Waals surface area contributed by atoms with Crippen LogP contribution in [0.2, 0.25) is 5.02 Å². The third kappa shape index (κ3) is 7.58. The van der Waals surface area contributed by atoms with Crippen LogP contribution < -0.4 is 25.2 Å². The molecule has 1 aliphatic carbocycles. The van der Waals surface area contributed by atoms with Gasteiger partial charge < -0.3 is 19.9 Å². The number of hydrogen-bond donors (Lipinski definition) is 2. The van der Waals surface area contributed by atoms with Gasteiger partial charge in [-0.2, -0.15) is 5.26 Å². The van der Waals surface area contributed by atoms with Gasteiger partial charge in [0.05, 0.1) is 21.7 Å². The average molecular weight is 856 g/mol. The number of nitrogens with zero attached hydrogens (tertiary/aromatic N) is 5. The number of nitrogens with one attached hydrogen (secondary N) is 2. The summed E-state index contributed by atoms with van der Waals surface area (Å²) in [6, 6.07) is 14.2. The van der Waals surface area contributed by atoms with Gasteiger partial charge in [-0.25, -0.2) is 8.78 Å². The summed E-state index contributed by atoms with van der Waals surface area (Å²) in [6.45, 7) is 12.6. The van der Waals surface area contributed by atoms with Gasteiger partial charge in [0.15, 0.2) is 5.82 Å². The first-order valence-corrected chi connectivity index (χ1v) is 21.1. The van der Waals surface area contributed by atoms with Gasteiger partial charge in [-0.05, 0) is 67.6 Å². The Morgan fingerprint density at radius 2 is 1.57 bits per heavy atom. The zero-order valence-electron chi connectivity index (χ0n) is 34.5. The lowest BCUT2D eigenvalue weighted by molar-refractivity contribution is -0.164. The maximum absolute atomic E-state index is 16.0. The first kappa shape index (κ1) is 42.1. The molecule has 13 nitrogen and oxygen atoms in total. The van der Waals surface area contributed by atoms with Gasteiger partial charge in [0.1, 0.15) is 35.5 Å². The van der Waals surface area contributed by atoms with Crippen LogP contribution in [0.5, 0.6) is 5.75 Å². The molecule has 1 atom stereocenters. The van der Waals surface area contributed by atoms with Gasteiger partial charge >= 0.3 is 0 Å². The molecule has 1 saturated carbocycles. The fourth-order valence-electron chi connectivity index (χ4n) is 10.4. The summed E-state index contributed by atoms with van der Waals surface area (Å²) in [5.41, 5.74) is -0.104. The van der Waals surface area contributed by atoms with Crippen LogP contribution in [-0.2, 0) is 9.59 Å². The second-order valence-corrected chi connectivity index (χ2v) is 18.4. The number of fused-ring (bicyclic) bond motifs is 1. The van der Waals surface area contributed by atoms with E-state index in [9.17, 15) is 29.2 Å². The Morgan fingerprint density at radius 1 is 0.902 bits per heavy atom. The topological polar surface area (TPSA) is 155 Å². The van der Waals surface area contributed by atoms with E-state index in [4.69, 9.17) is 16.3 Å². The fourth-order valence-corrected chi connectivity index (χ4v) is 10.6. The quantitative estimate of drug-likeness (QED) is 0.262. The number of piperazine rings is 1. The van der Waals surface area contributed by atoms with Crippen molar-refractivity contribution in [1.29, 1.82) is 5.26 Å². The summed E-state index contributed by atoms with van der Waals surface area (Å²) in [5, 5.41) is 14.9. The summed E-state index contributed by atoms with van der Waals surface area (Å²) in [7, 11) is 0. The summed E-state index contributed by atoms with van der Waals surface area (Å²) < 4.78 is 37.8. The third-order valence-electron chi connectivity index (χ3n) is 13.3. The van der Waals surface area contributed by atoms with Crippen LogP contribution in [0.4, 0.5) is 20.2 Å². The van der Waals surface area contributed by atoms with Gasteiger partial charge in [-0.1, -0.05) is 39.3 Å². The van der Waals surface area contributed by atoms with Gasteiger partial charge in [0.2, 0.25) is 11.8 Å². The van der Waals surface area contributed by atoms with Gasteiger partial charge in [-0.15, -0.1) is 0 Å². The van der Waals surface area contributed by atoms with Crippen molar-refractivity contribution in [2.24, 2.45) is 16.7 Å². The summed E-state index contributed by atoms with van der Waals surface area (Å²) >= 11 is 6.24. The number of carbonyl (C=O) groups is 5. The van der Waals surface area contributed by atoms with E-state index in [0.717, 1.165) is 44.2 Å². The number of benzene rings is 3. The Labute approximate surface area is 357 Å². The number of piperidine rings is 2. The molecule has 8 rings (SSSR count). The van der Waals surface area contributed by atoms with E-state index in [2.05, 4.69) is 54.2 Å². The maximum Gasteiger partial charge on any atom is 0.265 e. The molecule has 1 unspecified atom stereocenters. The van der Waals surface area contributed by atoms with E-state index in [1.807, 2.05) is 24.3 Å². The van der Waals surface area contributed by atoms with Crippen LogP contribution in [-0.4, -0.2) is 103 Å². The fraction of sp³-hybridized carbons (Fsp3) is 0.467. The molecule has 0 bridgehead atoms. The monoisotopic (exact) mass is 855 g/mol. The Kier molecular flexibility index (Phi) is 11.1. The third-order valence-corrected chi connectivity index (χ3v) is 13.7. The second-order valence-electron chi connectivity index (χ2n) is 18.0. The number of hydrogen-bond acceptors (Lipinski definition) is 10. The molecule has 0 spiro atoms. The van der Waals surface area contributed by atoms with Crippen molar-refractivity contribution < 1.29 is 37.5 Å². The number of nitriles is 1. The number of halogens is 3. The minimum absolute atomic E-state index is 0.0796. The number of anilines is 2. The maximum atomic E-state index is 16.0. The molecule has 16 heteroatoms. The zero-order valence-corrected chi connectivity index (χ0v) is 35.3. The first-order chi connectivity index (χ1) is 29.0.